The van der Waals surface area contributed by atoms with Crippen LogP contribution in [0.2, 0.25) is 0 Å². The summed E-state index contributed by atoms with van der Waals surface area (Å²) in [6.45, 7) is 4.82. The number of nitrogens with zero attached hydrogens (tertiary/aromatic N) is 2. The van der Waals surface area contributed by atoms with Crippen molar-refractivity contribution in [3.8, 4) is 5.75 Å². The molecule has 1 aromatic carbocycles. The fourth-order valence-corrected chi connectivity index (χ4v) is 2.23. The normalized spacial score (nSPS) is 11.7. The smallest absolute Gasteiger partial charge is 0.257 e. The van der Waals surface area contributed by atoms with Gasteiger partial charge in [-0.2, -0.15) is 0 Å². The monoisotopic (exact) mass is 357 g/mol. The standard InChI is InChI=1S/C14H20BrN3O3/c1-9(2)8-18(6-5-13(16)17-21)14(20)11-7-10(15)3-4-12(11)19/h3-4,7,9,19,21H,5-6,8H2,1-2H3,(H2,16,17). The average molecular weight is 358 g/mol. The summed E-state index contributed by atoms with van der Waals surface area (Å²) in [5, 5.41) is 21.3. The molecule has 6 nitrogen and oxygen atoms in total. The van der Waals surface area contributed by atoms with Gasteiger partial charge in [-0.25, -0.2) is 0 Å². The van der Waals surface area contributed by atoms with Crippen LogP contribution in [0.4, 0.5) is 0 Å². The number of nitrogens with two attached hydrogens (primary N) is 1. The van der Waals surface area contributed by atoms with Crippen molar-refractivity contribution in [1.29, 1.82) is 0 Å². The molecule has 4 N–H and O–H groups in total. The molecule has 0 saturated heterocycles. The van der Waals surface area contributed by atoms with E-state index in [4.69, 9.17) is 10.9 Å². The number of benzene rings is 1. The van der Waals surface area contributed by atoms with Gasteiger partial charge in [0.2, 0.25) is 0 Å². The topological polar surface area (TPSA) is 99.1 Å². The molecule has 0 aliphatic heterocycles. The molecule has 1 rings (SSSR count). The molecular weight excluding hydrogens is 338 g/mol. The van der Waals surface area contributed by atoms with Crippen LogP contribution in [-0.4, -0.2) is 40.0 Å². The Bertz CT molecular complexity index is 532. The van der Waals surface area contributed by atoms with Crippen LogP contribution in [0.25, 0.3) is 0 Å². The SMILES string of the molecule is CC(C)CN(CC/C(N)=N/O)C(=O)c1cc(Br)ccc1O. The summed E-state index contributed by atoms with van der Waals surface area (Å²) in [5.41, 5.74) is 5.68. The van der Waals surface area contributed by atoms with E-state index in [0.717, 1.165) is 0 Å². The van der Waals surface area contributed by atoms with Crippen molar-refractivity contribution in [3.63, 3.8) is 0 Å². The molecule has 0 aliphatic carbocycles. The minimum absolute atomic E-state index is 0.0648. The minimum Gasteiger partial charge on any atom is -0.507 e. The van der Waals surface area contributed by atoms with E-state index >= 15 is 0 Å². The van der Waals surface area contributed by atoms with Crippen LogP contribution in [-0.2, 0) is 0 Å². The first-order valence-corrected chi connectivity index (χ1v) is 7.38. The molecule has 0 heterocycles. The highest BCUT2D eigenvalue weighted by molar-refractivity contribution is 9.10. The summed E-state index contributed by atoms with van der Waals surface area (Å²) in [5.74, 6) is -0.0282. The van der Waals surface area contributed by atoms with Gasteiger partial charge in [0.1, 0.15) is 11.6 Å². The maximum atomic E-state index is 12.6. The first kappa shape index (κ1) is 17.3. The number of hydrogen-bond donors (Lipinski definition) is 3. The Labute approximate surface area is 132 Å². The molecule has 1 amide bonds. The van der Waals surface area contributed by atoms with Gasteiger partial charge in [0.05, 0.1) is 5.56 Å². The molecule has 0 radical (unpaired) electrons. The number of amidine groups is 1. The Balaban J connectivity index is 2.96. The van der Waals surface area contributed by atoms with Gasteiger partial charge < -0.3 is 20.9 Å². The number of phenolic OH excluding ortho intramolecular Hbond substituents is 1. The van der Waals surface area contributed by atoms with Gasteiger partial charge >= 0.3 is 0 Å². The molecule has 0 spiro atoms. The predicted octanol–water partition coefficient (Wildman–Crippen LogP) is 2.39. The molecule has 0 bridgehead atoms. The maximum Gasteiger partial charge on any atom is 0.257 e. The summed E-state index contributed by atoms with van der Waals surface area (Å²) in [7, 11) is 0. The first-order chi connectivity index (χ1) is 9.85. The van der Waals surface area contributed by atoms with Gasteiger partial charge in [0, 0.05) is 24.0 Å². The summed E-state index contributed by atoms with van der Waals surface area (Å²) < 4.78 is 0.713. The zero-order chi connectivity index (χ0) is 16.0. The van der Waals surface area contributed by atoms with Gasteiger partial charge in [0.25, 0.3) is 5.91 Å². The number of amides is 1. The lowest BCUT2D eigenvalue weighted by atomic mass is 10.1. The zero-order valence-electron chi connectivity index (χ0n) is 12.1. The van der Waals surface area contributed by atoms with E-state index in [1.54, 1.807) is 17.0 Å². The molecule has 0 aliphatic rings. The fraction of sp³-hybridized carbons (Fsp3) is 0.429. The molecule has 1 aromatic rings. The lowest BCUT2D eigenvalue weighted by Gasteiger charge is -2.25. The maximum absolute atomic E-state index is 12.6. The average Bonchev–Trinajstić information content (AvgIpc) is 2.44. The zero-order valence-corrected chi connectivity index (χ0v) is 13.7. The van der Waals surface area contributed by atoms with Gasteiger partial charge in [0.15, 0.2) is 0 Å². The molecule has 0 atom stereocenters. The van der Waals surface area contributed by atoms with Crippen molar-refractivity contribution in [2.45, 2.75) is 20.3 Å². The third kappa shape index (κ3) is 5.26. The lowest BCUT2D eigenvalue weighted by molar-refractivity contribution is 0.0737. The van der Waals surface area contributed by atoms with Crippen LogP contribution in [0.15, 0.2) is 27.8 Å². The van der Waals surface area contributed by atoms with E-state index in [9.17, 15) is 9.90 Å². The van der Waals surface area contributed by atoms with Gasteiger partial charge in [-0.05, 0) is 24.1 Å². The van der Waals surface area contributed by atoms with Crippen molar-refractivity contribution in [2.24, 2.45) is 16.8 Å². The molecule has 0 unspecified atom stereocenters. The van der Waals surface area contributed by atoms with Crippen LogP contribution < -0.4 is 5.73 Å². The number of rotatable bonds is 6. The second kappa shape index (κ2) is 7.87. The van der Waals surface area contributed by atoms with Crippen molar-refractivity contribution in [2.75, 3.05) is 13.1 Å². The minimum atomic E-state index is -0.284. The third-order valence-electron chi connectivity index (χ3n) is 2.83. The second-order valence-corrected chi connectivity index (χ2v) is 6.06. The molecular formula is C14H20BrN3O3. The van der Waals surface area contributed by atoms with E-state index in [0.29, 0.717) is 17.6 Å². The van der Waals surface area contributed by atoms with E-state index in [1.165, 1.54) is 6.07 Å². The fourth-order valence-electron chi connectivity index (χ4n) is 1.87. The van der Waals surface area contributed by atoms with Gasteiger partial charge in [-0.1, -0.05) is 34.9 Å². The first-order valence-electron chi connectivity index (χ1n) is 6.59. The second-order valence-electron chi connectivity index (χ2n) is 5.15. The number of aromatic hydroxyl groups is 1. The lowest BCUT2D eigenvalue weighted by Crippen LogP contribution is -2.36. The summed E-state index contributed by atoms with van der Waals surface area (Å²) >= 11 is 3.28. The number of carbonyl (C=O) groups is 1. The Morgan fingerprint density at radius 1 is 1.48 bits per heavy atom. The molecule has 7 heteroatoms. The predicted molar refractivity (Wildman–Crippen MR) is 84.6 cm³/mol. The summed E-state index contributed by atoms with van der Waals surface area (Å²) in [4.78, 5) is 14.1. The van der Waals surface area contributed by atoms with Gasteiger partial charge in [-0.15, -0.1) is 0 Å². The molecule has 116 valence electrons. The third-order valence-corrected chi connectivity index (χ3v) is 3.32. The number of oxime groups is 1. The Morgan fingerprint density at radius 2 is 2.14 bits per heavy atom. The van der Waals surface area contributed by atoms with Crippen molar-refractivity contribution >= 4 is 27.7 Å². The van der Waals surface area contributed by atoms with Crippen molar-refractivity contribution in [3.05, 3.63) is 28.2 Å². The molecule has 0 fully saturated rings. The van der Waals surface area contributed by atoms with E-state index < -0.39 is 0 Å². The number of phenols is 1. The number of hydrogen-bond acceptors (Lipinski definition) is 4. The van der Waals surface area contributed by atoms with Crippen LogP contribution in [0.3, 0.4) is 0 Å². The highest BCUT2D eigenvalue weighted by Crippen LogP contribution is 2.23. The van der Waals surface area contributed by atoms with Crippen LogP contribution >= 0.6 is 15.9 Å². The highest BCUT2D eigenvalue weighted by atomic mass is 79.9. The van der Waals surface area contributed by atoms with Crippen LogP contribution in [0.1, 0.15) is 30.6 Å². The Hall–Kier alpha value is -1.76. The molecule has 0 aromatic heterocycles. The quantitative estimate of drug-likeness (QED) is 0.315. The van der Waals surface area contributed by atoms with E-state index in [2.05, 4.69) is 21.1 Å². The molecule has 0 saturated carbocycles. The summed E-state index contributed by atoms with van der Waals surface area (Å²) in [6, 6.07) is 4.71. The largest absolute Gasteiger partial charge is 0.507 e. The van der Waals surface area contributed by atoms with Gasteiger partial charge in [-0.3, -0.25) is 4.79 Å². The number of carbonyl (C=O) groups excluding carboxylic acids is 1. The van der Waals surface area contributed by atoms with E-state index in [-0.39, 0.29) is 35.4 Å². The number of halogens is 1. The highest BCUT2D eigenvalue weighted by Gasteiger charge is 2.20. The Kier molecular flexibility index (Phi) is 6.48. The van der Waals surface area contributed by atoms with Crippen molar-refractivity contribution < 1.29 is 15.1 Å². The van der Waals surface area contributed by atoms with E-state index in [1.807, 2.05) is 13.8 Å². The summed E-state index contributed by atoms with van der Waals surface area (Å²) in [6.07, 6.45) is 0.268. The Morgan fingerprint density at radius 3 is 2.71 bits per heavy atom. The van der Waals surface area contributed by atoms with Crippen molar-refractivity contribution in [1.82, 2.24) is 4.90 Å². The van der Waals surface area contributed by atoms with Crippen LogP contribution in [0, 0.1) is 5.92 Å². The van der Waals surface area contributed by atoms with Crippen LogP contribution in [0.5, 0.6) is 5.75 Å². The molecule has 21 heavy (non-hydrogen) atoms.